The maximum Gasteiger partial charge on any atom is 0.138 e. The number of aryl methyl sites for hydroxylation is 1. The van der Waals surface area contributed by atoms with Crippen LogP contribution in [0.25, 0.3) is 10.2 Å². The summed E-state index contributed by atoms with van der Waals surface area (Å²) in [6.45, 7) is 2.06. The average Bonchev–Trinajstić information content (AvgIpc) is 3.22. The molecule has 0 saturated heterocycles. The van der Waals surface area contributed by atoms with Crippen molar-refractivity contribution in [1.82, 2.24) is 14.9 Å². The summed E-state index contributed by atoms with van der Waals surface area (Å²) >= 11 is 1.83. The maximum atomic E-state index is 10.2. The van der Waals surface area contributed by atoms with Crippen LogP contribution in [0.2, 0.25) is 0 Å². The minimum atomic E-state index is -0.210. The van der Waals surface area contributed by atoms with Crippen molar-refractivity contribution in [3.05, 3.63) is 16.8 Å². The smallest absolute Gasteiger partial charge is 0.138 e. The topological polar surface area (TPSA) is 61.3 Å². The van der Waals surface area contributed by atoms with Crippen molar-refractivity contribution < 1.29 is 5.11 Å². The van der Waals surface area contributed by atoms with Gasteiger partial charge in [-0.05, 0) is 76.9 Å². The van der Waals surface area contributed by atoms with Crippen molar-refractivity contribution >= 4 is 27.4 Å². The van der Waals surface area contributed by atoms with Crippen LogP contribution in [0.15, 0.2) is 6.33 Å². The summed E-state index contributed by atoms with van der Waals surface area (Å²) < 4.78 is 0. The summed E-state index contributed by atoms with van der Waals surface area (Å²) in [7, 11) is 4.37. The van der Waals surface area contributed by atoms with Crippen molar-refractivity contribution in [1.29, 1.82) is 0 Å². The Morgan fingerprint density at radius 2 is 2.00 bits per heavy atom. The second-order valence-corrected chi connectivity index (χ2v) is 9.57. The third-order valence-electron chi connectivity index (χ3n) is 6.53. The van der Waals surface area contributed by atoms with Crippen molar-refractivity contribution in [2.24, 2.45) is 0 Å². The molecule has 0 bridgehead atoms. The molecule has 0 aromatic carbocycles. The zero-order chi connectivity index (χ0) is 19.0. The number of aromatic nitrogens is 2. The second kappa shape index (κ2) is 8.02. The Labute approximate surface area is 166 Å². The van der Waals surface area contributed by atoms with E-state index in [0.717, 1.165) is 36.3 Å². The van der Waals surface area contributed by atoms with E-state index in [9.17, 15) is 5.11 Å². The minimum Gasteiger partial charge on any atom is -0.393 e. The molecule has 2 heterocycles. The molecule has 0 aliphatic heterocycles. The van der Waals surface area contributed by atoms with Crippen LogP contribution in [-0.2, 0) is 6.42 Å². The maximum absolute atomic E-state index is 10.2. The molecule has 2 atom stereocenters. The number of fused-ring (bicyclic) bond motifs is 3. The normalized spacial score (nSPS) is 26.5. The van der Waals surface area contributed by atoms with E-state index in [1.54, 1.807) is 6.33 Å². The molecule has 0 radical (unpaired) electrons. The van der Waals surface area contributed by atoms with E-state index in [2.05, 4.69) is 41.2 Å². The fraction of sp³-hybridized carbons (Fsp3) is 0.714. The monoisotopic (exact) mass is 388 g/mol. The Hall–Kier alpha value is -1.24. The molecule has 6 heteroatoms. The van der Waals surface area contributed by atoms with Crippen LogP contribution < -0.4 is 5.32 Å². The fourth-order valence-corrected chi connectivity index (χ4v) is 6.08. The van der Waals surface area contributed by atoms with Gasteiger partial charge >= 0.3 is 0 Å². The summed E-state index contributed by atoms with van der Waals surface area (Å²) in [6, 6.07) is 1.20. The highest BCUT2D eigenvalue weighted by Crippen LogP contribution is 2.47. The predicted molar refractivity (Wildman–Crippen MR) is 113 cm³/mol. The molecule has 0 spiro atoms. The average molecular weight is 389 g/mol. The lowest BCUT2D eigenvalue weighted by molar-refractivity contribution is 0.151. The number of nitrogens with one attached hydrogen (secondary N) is 1. The van der Waals surface area contributed by atoms with Crippen LogP contribution in [0.3, 0.4) is 0 Å². The number of aliphatic hydroxyl groups is 1. The molecule has 4 rings (SSSR count). The summed E-state index contributed by atoms with van der Waals surface area (Å²) in [5.74, 6) is 1.46. The van der Waals surface area contributed by atoms with Crippen LogP contribution in [-0.4, -0.2) is 52.3 Å². The largest absolute Gasteiger partial charge is 0.393 e. The van der Waals surface area contributed by atoms with Crippen LogP contribution in [0, 0.1) is 0 Å². The van der Waals surface area contributed by atoms with Gasteiger partial charge in [0.2, 0.25) is 0 Å². The van der Waals surface area contributed by atoms with Crippen molar-refractivity contribution in [2.45, 2.75) is 82.4 Å². The molecule has 2 aliphatic carbocycles. The molecule has 2 N–H and O–H groups in total. The third-order valence-corrected chi connectivity index (χ3v) is 7.70. The molecular weight excluding hydrogens is 356 g/mol. The van der Waals surface area contributed by atoms with E-state index >= 15 is 0 Å². The van der Waals surface area contributed by atoms with E-state index in [4.69, 9.17) is 0 Å². The van der Waals surface area contributed by atoms with Gasteiger partial charge in [-0.1, -0.05) is 6.92 Å². The molecule has 0 amide bonds. The number of hydrogen-bond donors (Lipinski definition) is 2. The van der Waals surface area contributed by atoms with E-state index in [1.165, 1.54) is 41.5 Å². The van der Waals surface area contributed by atoms with Crippen LogP contribution >= 0.6 is 11.3 Å². The minimum absolute atomic E-state index is 0.210. The van der Waals surface area contributed by atoms with Gasteiger partial charge in [0.1, 0.15) is 17.0 Å². The van der Waals surface area contributed by atoms with Gasteiger partial charge in [0.25, 0.3) is 0 Å². The highest BCUT2D eigenvalue weighted by atomic mass is 32.1. The van der Waals surface area contributed by atoms with Gasteiger partial charge in [0.15, 0.2) is 0 Å². The number of anilines is 1. The Kier molecular flexibility index (Phi) is 5.67. The van der Waals surface area contributed by atoms with Crippen LogP contribution in [0.4, 0.5) is 5.82 Å². The van der Waals surface area contributed by atoms with Crippen molar-refractivity contribution in [2.75, 3.05) is 19.4 Å². The van der Waals surface area contributed by atoms with Crippen LogP contribution in [0.5, 0.6) is 0 Å². The summed E-state index contributed by atoms with van der Waals surface area (Å²) in [5, 5.41) is 15.2. The molecule has 0 unspecified atom stereocenters. The summed E-state index contributed by atoms with van der Waals surface area (Å²) in [6.07, 6.45) is 10.3. The number of rotatable bonds is 6. The number of hydrogen-bond acceptors (Lipinski definition) is 6. The highest BCUT2D eigenvalue weighted by molar-refractivity contribution is 7.19. The first kappa shape index (κ1) is 19.1. The van der Waals surface area contributed by atoms with E-state index in [-0.39, 0.29) is 6.10 Å². The lowest BCUT2D eigenvalue weighted by atomic mass is 9.90. The number of aliphatic hydroxyl groups excluding tert-OH is 1. The Balaban J connectivity index is 1.57. The van der Waals surface area contributed by atoms with E-state index in [0.29, 0.717) is 18.0 Å². The predicted octanol–water partition coefficient (Wildman–Crippen LogP) is 4.17. The first-order chi connectivity index (χ1) is 13.1. The fourth-order valence-electron chi connectivity index (χ4n) is 4.84. The SMILES string of the molecule is CC[C@@H](O)C[C@H]1CCc2sc3ncnc(NC4CCC(N(C)C)CC4)c3c21. The summed E-state index contributed by atoms with van der Waals surface area (Å²) in [5.41, 5.74) is 1.42. The highest BCUT2D eigenvalue weighted by Gasteiger charge is 2.31. The lowest BCUT2D eigenvalue weighted by Crippen LogP contribution is -2.36. The molecule has 2 aromatic rings. The van der Waals surface area contributed by atoms with Crippen molar-refractivity contribution in [3.63, 3.8) is 0 Å². The van der Waals surface area contributed by atoms with Gasteiger partial charge in [-0.25, -0.2) is 9.97 Å². The van der Waals surface area contributed by atoms with Crippen LogP contribution in [0.1, 0.15) is 68.2 Å². The molecule has 27 heavy (non-hydrogen) atoms. The van der Waals surface area contributed by atoms with Crippen molar-refractivity contribution in [3.8, 4) is 0 Å². The molecule has 1 saturated carbocycles. The first-order valence-corrected chi connectivity index (χ1v) is 11.3. The van der Waals surface area contributed by atoms with Gasteiger partial charge < -0.3 is 15.3 Å². The van der Waals surface area contributed by atoms with Gasteiger partial charge in [0.05, 0.1) is 11.5 Å². The number of nitrogens with zero attached hydrogens (tertiary/aromatic N) is 3. The first-order valence-electron chi connectivity index (χ1n) is 10.4. The van der Waals surface area contributed by atoms with E-state index in [1.807, 2.05) is 11.3 Å². The molecular formula is C21H32N4OS. The van der Waals surface area contributed by atoms with Gasteiger partial charge in [0, 0.05) is 17.0 Å². The molecule has 2 aliphatic rings. The Morgan fingerprint density at radius 1 is 1.22 bits per heavy atom. The summed E-state index contributed by atoms with van der Waals surface area (Å²) in [4.78, 5) is 14.1. The standard InChI is InChI=1S/C21H32N4OS/c1-4-16(26)11-13-5-10-17-18(13)19-20(22-12-23-21(19)27-17)24-14-6-8-15(9-7-14)25(2)3/h12-16,26H,4-11H2,1-3H3,(H,22,23,24)/t13-,14?,15?,16-/m1/s1. The zero-order valence-corrected chi connectivity index (χ0v) is 17.6. The molecule has 2 aromatic heterocycles. The lowest BCUT2D eigenvalue weighted by Gasteiger charge is -2.33. The Morgan fingerprint density at radius 3 is 2.70 bits per heavy atom. The Bertz CT molecular complexity index is 782. The zero-order valence-electron chi connectivity index (χ0n) is 16.7. The number of thiophene rings is 1. The molecule has 1 fully saturated rings. The molecule has 148 valence electrons. The van der Waals surface area contributed by atoms with Gasteiger partial charge in [-0.2, -0.15) is 0 Å². The quantitative estimate of drug-likeness (QED) is 0.778. The molecule has 5 nitrogen and oxygen atoms in total. The van der Waals surface area contributed by atoms with Gasteiger partial charge in [-0.3, -0.25) is 0 Å². The second-order valence-electron chi connectivity index (χ2n) is 8.49. The van der Waals surface area contributed by atoms with E-state index < -0.39 is 0 Å². The van der Waals surface area contributed by atoms with Gasteiger partial charge in [-0.15, -0.1) is 11.3 Å². The third kappa shape index (κ3) is 3.84.